The Morgan fingerprint density at radius 3 is 2.48 bits per heavy atom. The van der Waals surface area contributed by atoms with E-state index >= 15 is 0 Å². The molecule has 1 unspecified atom stereocenters. The average molecular weight is 490 g/mol. The van der Waals surface area contributed by atoms with Crippen molar-refractivity contribution in [2.45, 2.75) is 44.6 Å². The largest absolute Gasteiger partial charge is 0.527 e. The smallest absolute Gasteiger partial charge is 0.509 e. The Hall–Kier alpha value is -1.78. The highest BCUT2D eigenvalue weighted by molar-refractivity contribution is 7.86. The highest BCUT2D eigenvalue weighted by Crippen LogP contribution is 2.34. The lowest BCUT2D eigenvalue weighted by molar-refractivity contribution is -0.169. The number of aliphatic carboxylic acids is 2. The molecule has 0 radical (unpaired) electrons. The lowest BCUT2D eigenvalue weighted by Crippen LogP contribution is -2.61. The minimum Gasteiger partial charge on any atom is -0.509 e. The summed E-state index contributed by atoms with van der Waals surface area (Å²) in [5.41, 5.74) is 2.67. The molecule has 0 aromatic heterocycles. The Kier molecular flexibility index (Phi) is 7.41. The number of nitrogens with two attached hydrogens (primary N) is 1. The first kappa shape index (κ1) is 25.8. The van der Waals surface area contributed by atoms with E-state index in [4.69, 9.17) is 15.0 Å². The Morgan fingerprint density at radius 1 is 1.33 bits per heavy atom. The van der Waals surface area contributed by atoms with E-state index in [0.29, 0.717) is 19.5 Å². The highest BCUT2D eigenvalue weighted by atomic mass is 32.2. The van der Waals surface area contributed by atoms with Crippen LogP contribution in [0.5, 0.6) is 0 Å². The number of nitrogens with one attached hydrogen (secondary N) is 1. The summed E-state index contributed by atoms with van der Waals surface area (Å²) in [4.78, 5) is 35.3. The molecular weight excluding hydrogens is 459 g/mol. The second-order valence-corrected chi connectivity index (χ2v) is 11.0. The van der Waals surface area contributed by atoms with E-state index in [1.54, 1.807) is 6.92 Å². The fourth-order valence-electron chi connectivity index (χ4n) is 4.32. The molecule has 15 heteroatoms. The SMILES string of the molecule is CCN(C1CNC1)S(=O)(=O)N1C[C@H](CCCB2OCC(C)(C(=O)O)C(=O)O2)[C@](N)(C(=O)O)C1. The van der Waals surface area contributed by atoms with Crippen molar-refractivity contribution < 1.29 is 42.3 Å². The maximum absolute atomic E-state index is 13.2. The molecule has 0 aliphatic carbocycles. The lowest BCUT2D eigenvalue weighted by Gasteiger charge is -2.38. The van der Waals surface area contributed by atoms with Gasteiger partial charge in [0, 0.05) is 38.6 Å². The first-order valence-corrected chi connectivity index (χ1v) is 12.3. The van der Waals surface area contributed by atoms with Gasteiger partial charge in [0.1, 0.15) is 5.54 Å². The van der Waals surface area contributed by atoms with Crippen LogP contribution in [0.4, 0.5) is 0 Å². The van der Waals surface area contributed by atoms with Gasteiger partial charge in [-0.2, -0.15) is 17.0 Å². The average Bonchev–Trinajstić information content (AvgIpc) is 3.06. The van der Waals surface area contributed by atoms with E-state index < -0.39 is 52.1 Å². The highest BCUT2D eigenvalue weighted by Gasteiger charge is 2.54. The summed E-state index contributed by atoms with van der Waals surface area (Å²) in [5, 5.41) is 22.0. The van der Waals surface area contributed by atoms with Crippen molar-refractivity contribution in [2.75, 3.05) is 39.3 Å². The van der Waals surface area contributed by atoms with E-state index in [2.05, 4.69) is 5.32 Å². The molecule has 0 amide bonds. The second-order valence-electron chi connectivity index (χ2n) is 9.07. The summed E-state index contributed by atoms with van der Waals surface area (Å²) < 4.78 is 39.3. The Labute approximate surface area is 192 Å². The first-order valence-electron chi connectivity index (χ1n) is 10.9. The molecule has 3 aliphatic heterocycles. The summed E-state index contributed by atoms with van der Waals surface area (Å²) in [7, 11) is -4.84. The number of nitrogens with zero attached hydrogens (tertiary/aromatic N) is 2. The molecule has 186 valence electrons. The van der Waals surface area contributed by atoms with Gasteiger partial charge in [0.15, 0.2) is 5.41 Å². The summed E-state index contributed by atoms with van der Waals surface area (Å²) in [5.74, 6) is -4.18. The molecule has 0 bridgehead atoms. The summed E-state index contributed by atoms with van der Waals surface area (Å²) in [6.07, 6.45) is 0.811. The molecule has 3 fully saturated rings. The molecule has 0 aromatic rings. The molecule has 3 atom stereocenters. The van der Waals surface area contributed by atoms with Crippen molar-refractivity contribution in [1.82, 2.24) is 13.9 Å². The molecule has 0 saturated carbocycles. The third kappa shape index (κ3) is 4.75. The lowest BCUT2D eigenvalue weighted by atomic mass is 9.75. The minimum absolute atomic E-state index is 0.0375. The van der Waals surface area contributed by atoms with Gasteiger partial charge in [-0.05, 0) is 19.7 Å². The zero-order chi connectivity index (χ0) is 24.6. The normalized spacial score (nSPS) is 31.5. The van der Waals surface area contributed by atoms with Crippen molar-refractivity contribution in [3.05, 3.63) is 0 Å². The van der Waals surface area contributed by atoms with Crippen molar-refractivity contribution in [3.8, 4) is 0 Å². The van der Waals surface area contributed by atoms with Gasteiger partial charge in [-0.15, -0.1) is 0 Å². The minimum atomic E-state index is -3.89. The summed E-state index contributed by atoms with van der Waals surface area (Å²) >= 11 is 0. The van der Waals surface area contributed by atoms with Crippen LogP contribution >= 0.6 is 0 Å². The molecule has 3 aliphatic rings. The van der Waals surface area contributed by atoms with Crippen LogP contribution in [0.2, 0.25) is 6.32 Å². The van der Waals surface area contributed by atoms with Gasteiger partial charge >= 0.3 is 25.0 Å². The second kappa shape index (κ2) is 9.46. The topological polar surface area (TPSA) is 189 Å². The van der Waals surface area contributed by atoms with Crippen LogP contribution in [0.1, 0.15) is 26.7 Å². The monoisotopic (exact) mass is 490 g/mol. The van der Waals surface area contributed by atoms with E-state index in [1.165, 1.54) is 11.2 Å². The standard InChI is InChI=1S/C18H31BN4O9S/c1-3-23(13-7-21-8-13)33(29,30)22-9-12(18(20,10-22)15(26)27)5-4-6-19-31-11-17(2,14(24)25)16(28)32-19/h12-13,21H,3-11,20H2,1-2H3,(H,24,25)(H,26,27)/t12-,17?,18-/m0/s1. The molecule has 0 aromatic carbocycles. The van der Waals surface area contributed by atoms with Crippen LogP contribution in [0.15, 0.2) is 0 Å². The zero-order valence-corrected chi connectivity index (χ0v) is 19.5. The quantitative estimate of drug-likeness (QED) is 0.199. The molecule has 13 nitrogen and oxygen atoms in total. The van der Waals surface area contributed by atoms with E-state index in [9.17, 15) is 33.0 Å². The number of carboxylic acid groups (broad SMARTS) is 2. The van der Waals surface area contributed by atoms with Crippen molar-refractivity contribution in [1.29, 1.82) is 0 Å². The summed E-state index contributed by atoms with van der Waals surface area (Å²) in [6, 6.07) is -0.175. The van der Waals surface area contributed by atoms with Crippen LogP contribution in [0.3, 0.4) is 0 Å². The van der Waals surface area contributed by atoms with Gasteiger partial charge in [0.2, 0.25) is 0 Å². The van der Waals surface area contributed by atoms with Gasteiger partial charge in [-0.1, -0.05) is 13.3 Å². The number of hydrogen-bond acceptors (Lipinski definition) is 9. The van der Waals surface area contributed by atoms with Crippen molar-refractivity contribution >= 4 is 35.2 Å². The molecule has 33 heavy (non-hydrogen) atoms. The molecule has 0 spiro atoms. The summed E-state index contributed by atoms with van der Waals surface area (Å²) in [6.45, 7) is 3.59. The Morgan fingerprint density at radius 2 is 2.00 bits per heavy atom. The molecule has 3 saturated heterocycles. The van der Waals surface area contributed by atoms with Crippen LogP contribution in [0, 0.1) is 11.3 Å². The number of carbonyl (C=O) groups excluding carboxylic acids is 1. The van der Waals surface area contributed by atoms with Crippen LogP contribution in [0.25, 0.3) is 0 Å². The number of carbonyl (C=O) groups is 3. The van der Waals surface area contributed by atoms with E-state index in [0.717, 1.165) is 4.31 Å². The fraction of sp³-hybridized carbons (Fsp3) is 0.833. The predicted molar refractivity (Wildman–Crippen MR) is 115 cm³/mol. The fourth-order valence-corrected chi connectivity index (χ4v) is 6.21. The Bertz CT molecular complexity index is 901. The van der Waals surface area contributed by atoms with Crippen LogP contribution in [-0.2, 0) is 33.9 Å². The first-order chi connectivity index (χ1) is 15.4. The number of hydrogen-bond donors (Lipinski definition) is 4. The van der Waals surface area contributed by atoms with Gasteiger partial charge in [0.05, 0.1) is 12.6 Å². The number of rotatable bonds is 10. The van der Waals surface area contributed by atoms with Gasteiger partial charge < -0.3 is 30.6 Å². The maximum Gasteiger partial charge on any atom is 0.527 e. The molecule has 3 rings (SSSR count). The third-order valence-corrected chi connectivity index (χ3v) is 8.88. The van der Waals surface area contributed by atoms with Crippen molar-refractivity contribution in [3.63, 3.8) is 0 Å². The zero-order valence-electron chi connectivity index (χ0n) is 18.7. The number of likely N-dealkylation sites (N-methyl/N-ethyl adjacent to an activating group) is 1. The van der Waals surface area contributed by atoms with Crippen LogP contribution < -0.4 is 11.1 Å². The molecule has 5 N–H and O–H groups in total. The van der Waals surface area contributed by atoms with Crippen molar-refractivity contribution in [2.24, 2.45) is 17.1 Å². The molecule has 3 heterocycles. The maximum atomic E-state index is 13.2. The van der Waals surface area contributed by atoms with Gasteiger partial charge in [-0.3, -0.25) is 14.4 Å². The van der Waals surface area contributed by atoms with E-state index in [-0.39, 0.29) is 45.0 Å². The van der Waals surface area contributed by atoms with E-state index in [1.807, 2.05) is 0 Å². The molecular formula is C18H31BN4O9S. The predicted octanol–water partition coefficient (Wildman–Crippen LogP) is -1.83. The Balaban J connectivity index is 1.62. The van der Waals surface area contributed by atoms with Crippen LogP contribution in [-0.4, -0.2) is 103 Å². The van der Waals surface area contributed by atoms with Gasteiger partial charge in [-0.25, -0.2) is 0 Å². The third-order valence-electron chi connectivity index (χ3n) is 6.80. The van der Waals surface area contributed by atoms with Gasteiger partial charge in [0.25, 0.3) is 10.2 Å². The number of carboxylic acids is 2.